The van der Waals surface area contributed by atoms with E-state index in [2.05, 4.69) is 57.5 Å². The van der Waals surface area contributed by atoms with Crippen molar-refractivity contribution < 1.29 is 91.4 Å². The van der Waals surface area contributed by atoms with Gasteiger partial charge in [-0.25, -0.2) is 0 Å². The molecule has 0 bridgehead atoms. The fourth-order valence-corrected chi connectivity index (χ4v) is 18.5. The van der Waals surface area contributed by atoms with Crippen LogP contribution in [0.5, 0.6) is 5.75 Å². The van der Waals surface area contributed by atoms with E-state index in [-0.39, 0.29) is 128 Å². The van der Waals surface area contributed by atoms with Crippen molar-refractivity contribution in [3.05, 3.63) is 114 Å². The number of rotatable bonds is 30. The number of Topliss-reactive ketones (excluding diaryl/α,β-unsaturated/α-hetero) is 2. The number of aliphatic hydroxyl groups excluding tert-OH is 1. The van der Waals surface area contributed by atoms with Crippen molar-refractivity contribution in [3.8, 4) is 5.75 Å². The Morgan fingerprint density at radius 1 is 0.522 bits per heavy atom. The van der Waals surface area contributed by atoms with Crippen LogP contribution in [0.3, 0.4) is 0 Å². The van der Waals surface area contributed by atoms with Crippen molar-refractivity contribution in [2.75, 3.05) is 72.5 Å². The van der Waals surface area contributed by atoms with Crippen molar-refractivity contribution in [2.45, 2.75) is 260 Å². The van der Waals surface area contributed by atoms with Gasteiger partial charge in [-0.1, -0.05) is 88.1 Å². The zero-order chi connectivity index (χ0) is 99.0. The van der Waals surface area contributed by atoms with Crippen LogP contribution in [-0.4, -0.2) is 303 Å². The third-order valence-electron chi connectivity index (χ3n) is 25.5. The van der Waals surface area contributed by atoms with E-state index in [1.807, 2.05) is 44.2 Å². The minimum atomic E-state index is -1.75. The molecule has 4 aliphatic rings. The van der Waals surface area contributed by atoms with Gasteiger partial charge < -0.3 is 116 Å². The first-order valence-electron chi connectivity index (χ1n) is 46.9. The Morgan fingerprint density at radius 2 is 1.09 bits per heavy atom. The predicted molar refractivity (Wildman–Crippen MR) is 510 cm³/mol. The van der Waals surface area contributed by atoms with Crippen LogP contribution in [0, 0.1) is 5.92 Å². The lowest BCUT2D eigenvalue weighted by atomic mass is 9.91. The molecule has 9 rings (SSSR count). The number of likely N-dealkylation sites (N-methyl/N-ethyl adjacent to an activating group) is 3. The molecule has 4 aliphatic heterocycles. The van der Waals surface area contributed by atoms with Crippen LogP contribution in [0.25, 0.3) is 21.8 Å². The van der Waals surface area contributed by atoms with Crippen LogP contribution in [0.1, 0.15) is 172 Å². The first-order chi connectivity index (χ1) is 65.1. The van der Waals surface area contributed by atoms with E-state index in [4.69, 9.17) is 33.4 Å². The molecule has 0 spiro atoms. The highest BCUT2D eigenvalue weighted by Crippen LogP contribution is 2.30. The molecule has 2 aromatic heterocycles. The average Bonchev–Trinajstić information content (AvgIpc) is 1.51. The number of aliphatic imine (C=N–C) groups is 1. The molecule has 3 saturated heterocycles. The predicted octanol–water partition coefficient (Wildman–Crippen LogP) is 0.396. The Labute approximate surface area is 795 Å². The summed E-state index contributed by atoms with van der Waals surface area (Å²) in [6, 6.07) is 2.09. The molecule has 15 amide bonds. The first kappa shape index (κ1) is 107. The highest BCUT2D eigenvalue weighted by atomic mass is 32.2. The van der Waals surface area contributed by atoms with Gasteiger partial charge in [-0.2, -0.15) is 0 Å². The third-order valence-corrected chi connectivity index (χ3v) is 26.6. The number of hydrogen-bond donors (Lipinski definition) is 16. The smallest absolute Gasteiger partial charge is 0.246 e. The Balaban J connectivity index is 1.10. The van der Waals surface area contributed by atoms with Gasteiger partial charge >= 0.3 is 0 Å². The second-order valence-electron chi connectivity index (χ2n) is 35.5. The topological polar surface area (TPSA) is 606 Å². The Kier molecular flexibility index (Phi) is 41.4. The number of ketones is 2. The number of primary amides is 2. The summed E-state index contributed by atoms with van der Waals surface area (Å²) in [5.74, 6) is -15.8. The fourth-order valence-electron chi connectivity index (χ4n) is 17.6. The van der Waals surface area contributed by atoms with Crippen LogP contribution >= 0.6 is 11.8 Å². The maximum atomic E-state index is 15.9. The highest BCUT2D eigenvalue weighted by Gasteiger charge is 2.47. The lowest BCUT2D eigenvalue weighted by Crippen LogP contribution is -2.60. The molecule has 41 heteroatoms. The van der Waals surface area contributed by atoms with Crippen molar-refractivity contribution in [1.82, 2.24) is 77.0 Å². The number of fused-ring (bicyclic) bond motifs is 4. The van der Waals surface area contributed by atoms with E-state index in [0.717, 1.165) is 26.5 Å². The number of unbranched alkanes of at least 4 members (excludes halogenated alkanes) is 3. The van der Waals surface area contributed by atoms with E-state index >= 15 is 38.4 Å². The van der Waals surface area contributed by atoms with Gasteiger partial charge in [-0.05, 0) is 144 Å². The number of carbonyl (C=O) groups excluding carboxylic acids is 17. The van der Waals surface area contributed by atoms with E-state index in [1.54, 1.807) is 61.1 Å². The van der Waals surface area contributed by atoms with Gasteiger partial charge in [0.15, 0.2) is 11.6 Å². The molecule has 0 radical (unpaired) electrons. The summed E-state index contributed by atoms with van der Waals surface area (Å²) in [7, 11) is 5.53. The van der Waals surface area contributed by atoms with Crippen LogP contribution in [0.2, 0.25) is 0 Å². The summed E-state index contributed by atoms with van der Waals surface area (Å²) < 4.78 is 5.36. The number of aromatic nitrogens is 2. The summed E-state index contributed by atoms with van der Waals surface area (Å²) in [4.78, 5) is 268. The molecule has 136 heavy (non-hydrogen) atoms. The van der Waals surface area contributed by atoms with Gasteiger partial charge in [0.25, 0.3) is 0 Å². The van der Waals surface area contributed by atoms with Crippen molar-refractivity contribution in [2.24, 2.45) is 39.6 Å². The van der Waals surface area contributed by atoms with Crippen LogP contribution in [0.15, 0.2) is 102 Å². The molecule has 0 saturated carbocycles. The maximum Gasteiger partial charge on any atom is 0.246 e. The second-order valence-corrected chi connectivity index (χ2v) is 36.5. The zero-order valence-electron chi connectivity index (χ0n) is 78.6. The van der Waals surface area contributed by atoms with E-state index in [9.17, 15) is 48.3 Å². The van der Waals surface area contributed by atoms with E-state index in [1.165, 1.54) is 51.2 Å². The van der Waals surface area contributed by atoms with Gasteiger partial charge in [-0.3, -0.25) is 86.5 Å². The molecule has 0 unspecified atom stereocenters. The number of aliphatic hydroxyl groups is 1. The number of nitrogens with zero attached hydrogens (tertiary/aromatic N) is 6. The van der Waals surface area contributed by atoms with Crippen molar-refractivity contribution in [1.29, 1.82) is 0 Å². The summed E-state index contributed by atoms with van der Waals surface area (Å²) >= 11 is 0.850. The summed E-state index contributed by atoms with van der Waals surface area (Å²) in [6.07, 6.45) is 4.63. The van der Waals surface area contributed by atoms with Gasteiger partial charge in [0.05, 0.1) is 37.5 Å². The molecular weight excluding hydrogens is 1770 g/mol. The lowest BCUT2D eigenvalue weighted by Gasteiger charge is -2.36. The summed E-state index contributed by atoms with van der Waals surface area (Å²) in [6.45, 7) is 4.60. The minimum absolute atomic E-state index is 0.0143. The number of carbonyl (C=O) groups is 17. The summed E-state index contributed by atoms with van der Waals surface area (Å²) in [5, 5.41) is 35.2. The first-order valence-corrected chi connectivity index (χ1v) is 48.0. The molecule has 3 fully saturated rings. The number of methoxy groups -OCH3 is 1. The molecular formula is C95H135N21O19S. The minimum Gasteiger partial charge on any atom is -0.497 e. The molecule has 3 aromatic carbocycles. The van der Waals surface area contributed by atoms with Gasteiger partial charge in [-0.15, -0.1) is 11.8 Å². The maximum absolute atomic E-state index is 15.9. The number of ether oxygens (including phenoxy) is 1. The normalized spacial score (nSPS) is 25.2. The number of aromatic amines is 2. The Bertz CT molecular complexity index is 5120. The largest absolute Gasteiger partial charge is 0.497 e. The van der Waals surface area contributed by atoms with Gasteiger partial charge in [0.1, 0.15) is 72.2 Å². The molecule has 6 heterocycles. The zero-order valence-corrected chi connectivity index (χ0v) is 79.4. The van der Waals surface area contributed by atoms with E-state index in [0.29, 0.717) is 81.9 Å². The third kappa shape index (κ3) is 29.8. The van der Waals surface area contributed by atoms with Crippen LogP contribution < -0.4 is 75.9 Å². The molecule has 740 valence electrons. The molecule has 0 aliphatic carbocycles. The van der Waals surface area contributed by atoms with Crippen molar-refractivity contribution in [3.63, 3.8) is 0 Å². The van der Waals surface area contributed by atoms with Crippen LogP contribution in [-0.2, 0) is 101 Å². The number of para-hydroxylation sites is 2. The summed E-state index contributed by atoms with van der Waals surface area (Å²) in [5.41, 5.74) is 33.3. The quantitative estimate of drug-likeness (QED) is 0.0277. The number of benzene rings is 3. The molecule has 5 aromatic rings. The van der Waals surface area contributed by atoms with E-state index < -0.39 is 229 Å². The van der Waals surface area contributed by atoms with Crippen molar-refractivity contribution >= 4 is 140 Å². The number of H-pyrrole nitrogens is 2. The molecule has 40 nitrogen and oxygen atoms in total. The monoisotopic (exact) mass is 1910 g/mol. The number of amides is 15. The number of hydrogen-bond acceptors (Lipinski definition) is 24. The Hall–Kier alpha value is -12.5. The second kappa shape index (κ2) is 52.6. The fraction of sp³-hybridized carbons (Fsp3) is 0.558. The molecule has 15 atom stereocenters. The van der Waals surface area contributed by atoms with Crippen LogP contribution in [0.4, 0.5) is 0 Å². The average molecular weight is 1910 g/mol. The Morgan fingerprint density at radius 3 is 1.71 bits per heavy atom. The van der Waals surface area contributed by atoms with Gasteiger partial charge in [0, 0.05) is 144 Å². The number of thioether (sulfide) groups is 1. The lowest BCUT2D eigenvalue weighted by molar-refractivity contribution is -0.149. The number of nitrogens with one attached hydrogen (secondary N) is 10. The highest BCUT2D eigenvalue weighted by molar-refractivity contribution is 8.00. The number of nitrogens with two attached hydrogens (primary N) is 5. The molecule has 21 N–H and O–H groups in total. The standard InChI is InChI=1S/C95H135N21O19S/c1-8-10-26-75-88(127)105-67(25-18-38-97)86(125)111-74(79(118)33-34-81(99)120)53-136-54-83(122)104-71(42-56-29-31-62(135-7)32-30-56)91(130)112(4)55(3)84(123)109-73(48-82(100)121)94(133)115-41-19-28-76(115)89(128)108-70(43-57-36-40-101-49-57)87(126)106-68(24-16-17-37-96)93(132)116-52-61(117)47-78(116)90(129)107-69(44-59-50-102-65-22-14-12-20-63(59)65)80(119)46-58(35-39-98)85(124)110-72(45-60-51-103-66-23-15-13-21-64(60)66)92(131)114(6)77(27-11-9-2)95(134)113(75)5/h12-15,20-23,29-32,40,49-51,55,58,61,67-78,102-103,117H,8-11,16-19,24-28,33-39,41-48,52-54,96-98H2,1-7H3,(H2,99,120)(H2,100,121)(H,104,122)(H,105,127)(H,106,126)(H,107,129)(H,108,128)(H,109,123)(H,110,124)(H,111,125)/t55-,58+,61+,67-,68-,69-,70-,71-,72-,73-,74-,75-,76-,77-,78-/m0/s1. The SMILES string of the molecule is CCCC[C@H]1C(=O)N(C)[C@@H](CCCC)C(=O)N[C@@H](CCCN)C(=O)N[C@H](C(=O)CCC(N)=O)CSCC(=O)N[C@@H](Cc2ccc(OC)cc2)C(=O)N(C)[C@@H](C)C(=O)N[C@@H](CC(N)=O)C(=O)N2CCC[C@H]2C(=O)N[C@@H](CC2=CN=CC2)C(=O)N[C@@H](CCCCN)C(=O)N2C[C@H](O)C[C@H]2C(=O)N[C@@H](Cc2c[nH]c3ccccc23)C(=O)C[C@@H](CCN)C(=O)N[C@@H](Cc2c[nH]c3ccccc23)C(=O)N1C. The van der Waals surface area contributed by atoms with Gasteiger partial charge in [0.2, 0.25) is 88.6 Å².